The zero-order valence-electron chi connectivity index (χ0n) is 9.36. The van der Waals surface area contributed by atoms with Gasteiger partial charge in [-0.05, 0) is 17.7 Å². The molecule has 0 aliphatic rings. The van der Waals surface area contributed by atoms with Gasteiger partial charge in [-0.15, -0.1) is 0 Å². The van der Waals surface area contributed by atoms with Gasteiger partial charge in [-0.3, -0.25) is 4.68 Å². The number of hydrogen-bond acceptors (Lipinski definition) is 2. The third-order valence-corrected chi connectivity index (χ3v) is 2.74. The monoisotopic (exact) mass is 254 g/mol. The van der Waals surface area contributed by atoms with Crippen molar-refractivity contribution < 1.29 is 9.13 Å². The van der Waals surface area contributed by atoms with E-state index in [1.165, 1.54) is 0 Å². The fourth-order valence-electron chi connectivity index (χ4n) is 1.56. The maximum atomic E-state index is 12.2. The molecule has 90 valence electrons. The van der Waals surface area contributed by atoms with Crippen molar-refractivity contribution in [1.29, 1.82) is 0 Å². The fourth-order valence-corrected chi connectivity index (χ4v) is 1.76. The van der Waals surface area contributed by atoms with E-state index in [4.69, 9.17) is 16.3 Å². The second-order valence-corrected chi connectivity index (χ2v) is 3.94. The van der Waals surface area contributed by atoms with Gasteiger partial charge < -0.3 is 4.74 Å². The molecule has 0 saturated heterocycles. The number of rotatable bonds is 4. The van der Waals surface area contributed by atoms with Gasteiger partial charge >= 0.3 is 0 Å². The van der Waals surface area contributed by atoms with Gasteiger partial charge in [-0.1, -0.05) is 17.7 Å². The largest absolute Gasteiger partial charge is 0.495 e. The standard InChI is InChI=1S/C12H12ClFN2O/c1-17-12-6-9(2-3-11(12)13)10-7-15-16(8-10)5-4-14/h2-3,6-8H,4-5H2,1H3. The summed E-state index contributed by atoms with van der Waals surface area (Å²) in [5.41, 5.74) is 1.85. The van der Waals surface area contributed by atoms with Gasteiger partial charge in [-0.2, -0.15) is 5.10 Å². The first-order valence-electron chi connectivity index (χ1n) is 5.17. The van der Waals surface area contributed by atoms with Crippen LogP contribution >= 0.6 is 11.6 Å². The number of halogens is 2. The molecule has 2 rings (SSSR count). The Hall–Kier alpha value is -1.55. The molecule has 0 bridgehead atoms. The van der Waals surface area contributed by atoms with Gasteiger partial charge in [-0.25, -0.2) is 4.39 Å². The van der Waals surface area contributed by atoms with E-state index in [0.717, 1.165) is 11.1 Å². The van der Waals surface area contributed by atoms with Gasteiger partial charge in [0.15, 0.2) is 0 Å². The van der Waals surface area contributed by atoms with Crippen molar-refractivity contribution >= 4 is 11.6 Å². The third-order valence-electron chi connectivity index (χ3n) is 2.43. The first kappa shape index (κ1) is 11.9. The van der Waals surface area contributed by atoms with Crippen LogP contribution in [0, 0.1) is 0 Å². The molecule has 1 heterocycles. The molecule has 5 heteroatoms. The molecule has 0 radical (unpaired) electrons. The maximum absolute atomic E-state index is 12.2. The quantitative estimate of drug-likeness (QED) is 0.838. The van der Waals surface area contributed by atoms with Crippen molar-refractivity contribution in [2.75, 3.05) is 13.8 Å². The fraction of sp³-hybridized carbons (Fsp3) is 0.250. The predicted octanol–water partition coefficient (Wildman–Crippen LogP) is 3.18. The van der Waals surface area contributed by atoms with Crippen LogP contribution in [0.5, 0.6) is 5.75 Å². The van der Waals surface area contributed by atoms with Crippen LogP contribution < -0.4 is 4.74 Å². The highest BCUT2D eigenvalue weighted by Gasteiger charge is 2.06. The van der Waals surface area contributed by atoms with Gasteiger partial charge in [0.05, 0.1) is 24.9 Å². The molecule has 0 atom stereocenters. The number of hydrogen-bond donors (Lipinski definition) is 0. The summed E-state index contributed by atoms with van der Waals surface area (Å²) in [5, 5.41) is 4.63. The van der Waals surface area contributed by atoms with E-state index in [0.29, 0.717) is 10.8 Å². The van der Waals surface area contributed by atoms with Crippen LogP contribution in [0.15, 0.2) is 30.6 Å². The van der Waals surface area contributed by atoms with E-state index >= 15 is 0 Å². The molecule has 17 heavy (non-hydrogen) atoms. The number of ether oxygens (including phenoxy) is 1. The first-order chi connectivity index (χ1) is 8.24. The van der Waals surface area contributed by atoms with Crippen LogP contribution in [0.1, 0.15) is 0 Å². The lowest BCUT2D eigenvalue weighted by molar-refractivity contribution is 0.415. The summed E-state index contributed by atoms with van der Waals surface area (Å²) in [7, 11) is 1.57. The molecule has 2 aromatic rings. The summed E-state index contributed by atoms with van der Waals surface area (Å²) in [5.74, 6) is 0.613. The van der Waals surface area contributed by atoms with Crippen molar-refractivity contribution in [3.8, 4) is 16.9 Å². The number of aromatic nitrogens is 2. The SMILES string of the molecule is COc1cc(-c2cnn(CCF)c2)ccc1Cl. The number of alkyl halides is 1. The smallest absolute Gasteiger partial charge is 0.138 e. The molecule has 0 saturated carbocycles. The maximum Gasteiger partial charge on any atom is 0.138 e. The Labute approximate surface area is 104 Å². The Balaban J connectivity index is 2.32. The Morgan fingerprint density at radius 2 is 2.24 bits per heavy atom. The number of nitrogens with zero attached hydrogens (tertiary/aromatic N) is 2. The van der Waals surface area contributed by atoms with Crippen LogP contribution in [0.2, 0.25) is 5.02 Å². The van der Waals surface area contributed by atoms with Crippen LogP contribution in [-0.2, 0) is 6.54 Å². The second kappa shape index (κ2) is 5.19. The molecule has 1 aromatic heterocycles. The Morgan fingerprint density at radius 3 is 2.94 bits per heavy atom. The molecule has 0 spiro atoms. The summed E-state index contributed by atoms with van der Waals surface area (Å²) in [4.78, 5) is 0. The van der Waals surface area contributed by atoms with Crippen molar-refractivity contribution in [2.24, 2.45) is 0 Å². The second-order valence-electron chi connectivity index (χ2n) is 3.53. The molecule has 0 fully saturated rings. The molecule has 1 aromatic carbocycles. The van der Waals surface area contributed by atoms with Crippen LogP contribution in [0.25, 0.3) is 11.1 Å². The van der Waals surface area contributed by atoms with Crippen molar-refractivity contribution in [1.82, 2.24) is 9.78 Å². The average molecular weight is 255 g/mol. The van der Waals surface area contributed by atoms with Gasteiger partial charge in [0.25, 0.3) is 0 Å². The van der Waals surface area contributed by atoms with Gasteiger partial charge in [0.1, 0.15) is 12.4 Å². The van der Waals surface area contributed by atoms with Gasteiger partial charge in [0.2, 0.25) is 0 Å². The Bertz CT molecular complexity index is 513. The number of methoxy groups -OCH3 is 1. The topological polar surface area (TPSA) is 27.1 Å². The zero-order chi connectivity index (χ0) is 12.3. The minimum absolute atomic E-state index is 0.269. The minimum Gasteiger partial charge on any atom is -0.495 e. The van der Waals surface area contributed by atoms with Crippen LogP contribution in [0.4, 0.5) is 4.39 Å². The lowest BCUT2D eigenvalue weighted by Gasteiger charge is -2.04. The van der Waals surface area contributed by atoms with E-state index in [1.54, 1.807) is 30.3 Å². The minimum atomic E-state index is -0.426. The molecular weight excluding hydrogens is 243 g/mol. The molecule has 0 N–H and O–H groups in total. The Kier molecular flexibility index (Phi) is 3.64. The lowest BCUT2D eigenvalue weighted by Crippen LogP contribution is -1.98. The zero-order valence-corrected chi connectivity index (χ0v) is 10.1. The summed E-state index contributed by atoms with van der Waals surface area (Å²) in [6.45, 7) is -0.157. The third kappa shape index (κ3) is 2.58. The lowest BCUT2D eigenvalue weighted by atomic mass is 10.1. The van der Waals surface area contributed by atoms with Crippen molar-refractivity contribution in [3.05, 3.63) is 35.6 Å². The van der Waals surface area contributed by atoms with E-state index in [-0.39, 0.29) is 6.54 Å². The summed E-state index contributed by atoms with van der Waals surface area (Å²) in [6, 6.07) is 5.48. The molecular formula is C12H12ClFN2O. The summed E-state index contributed by atoms with van der Waals surface area (Å²) < 4.78 is 18.9. The molecule has 3 nitrogen and oxygen atoms in total. The van der Waals surface area contributed by atoms with Crippen LogP contribution in [-0.4, -0.2) is 23.6 Å². The molecule has 0 aliphatic heterocycles. The predicted molar refractivity (Wildman–Crippen MR) is 65.2 cm³/mol. The van der Waals surface area contributed by atoms with Gasteiger partial charge in [0, 0.05) is 11.8 Å². The number of aryl methyl sites for hydroxylation is 1. The average Bonchev–Trinajstić information content (AvgIpc) is 2.79. The highest BCUT2D eigenvalue weighted by molar-refractivity contribution is 6.32. The first-order valence-corrected chi connectivity index (χ1v) is 5.54. The highest BCUT2D eigenvalue weighted by atomic mass is 35.5. The summed E-state index contributed by atoms with van der Waals surface area (Å²) >= 11 is 5.94. The van der Waals surface area contributed by atoms with E-state index in [2.05, 4.69) is 5.10 Å². The molecule has 0 amide bonds. The van der Waals surface area contributed by atoms with E-state index in [1.807, 2.05) is 12.1 Å². The molecule has 0 unspecified atom stereocenters. The summed E-state index contributed by atoms with van der Waals surface area (Å²) in [6.07, 6.45) is 3.49. The van der Waals surface area contributed by atoms with Crippen molar-refractivity contribution in [3.63, 3.8) is 0 Å². The van der Waals surface area contributed by atoms with E-state index < -0.39 is 6.67 Å². The number of benzene rings is 1. The molecule has 0 aliphatic carbocycles. The normalized spacial score (nSPS) is 10.5. The Morgan fingerprint density at radius 1 is 1.41 bits per heavy atom. The van der Waals surface area contributed by atoms with Crippen LogP contribution in [0.3, 0.4) is 0 Å². The highest BCUT2D eigenvalue weighted by Crippen LogP contribution is 2.30. The van der Waals surface area contributed by atoms with E-state index in [9.17, 15) is 4.39 Å². The van der Waals surface area contributed by atoms with Crippen molar-refractivity contribution in [2.45, 2.75) is 6.54 Å².